The van der Waals surface area contributed by atoms with Gasteiger partial charge in [-0.2, -0.15) is 0 Å². The van der Waals surface area contributed by atoms with Gasteiger partial charge in [0, 0.05) is 10.7 Å². The number of fused-ring (bicyclic) bond motifs is 1. The second kappa shape index (κ2) is 4.23. The number of rotatable bonds is 2. The van der Waals surface area contributed by atoms with Crippen molar-refractivity contribution in [3.63, 3.8) is 0 Å². The molecular weight excluding hydrogens is 282 g/mol. The fraction of sp³-hybridized carbons (Fsp3) is 0.333. The summed E-state index contributed by atoms with van der Waals surface area (Å²) in [6.45, 7) is 1.02. The van der Waals surface area contributed by atoms with E-state index in [0.717, 1.165) is 41.5 Å². The molecule has 0 saturated carbocycles. The van der Waals surface area contributed by atoms with E-state index < -0.39 is 0 Å². The first-order valence-corrected chi connectivity index (χ1v) is 6.45. The predicted octanol–water partition coefficient (Wildman–Crippen LogP) is 2.33. The molecule has 5 heteroatoms. The molecule has 1 fully saturated rings. The number of nitrogens with zero attached hydrogens (tertiary/aromatic N) is 2. The molecule has 0 bridgehead atoms. The average molecular weight is 294 g/mol. The van der Waals surface area contributed by atoms with Crippen molar-refractivity contribution in [3.8, 4) is 0 Å². The molecule has 3 heterocycles. The minimum absolute atomic E-state index is 0.255. The van der Waals surface area contributed by atoms with E-state index in [4.69, 9.17) is 0 Å². The minimum Gasteiger partial charge on any atom is -0.307 e. The summed E-state index contributed by atoms with van der Waals surface area (Å²) in [7, 11) is 0. The number of aromatic nitrogens is 2. The number of hydrogen-bond donors (Lipinski definition) is 1. The van der Waals surface area contributed by atoms with E-state index in [1.165, 1.54) is 0 Å². The van der Waals surface area contributed by atoms with Crippen LogP contribution in [0.5, 0.6) is 0 Å². The third kappa shape index (κ3) is 1.79. The number of nitrogens with one attached hydrogen (secondary N) is 1. The lowest BCUT2D eigenvalue weighted by Crippen LogP contribution is -2.15. The first-order valence-electron chi connectivity index (χ1n) is 5.65. The van der Waals surface area contributed by atoms with E-state index in [9.17, 15) is 4.79 Å². The Balaban J connectivity index is 2.22. The monoisotopic (exact) mass is 293 g/mol. The molecular formula is C12H12BrN3O. The van der Waals surface area contributed by atoms with Gasteiger partial charge in [-0.1, -0.05) is 0 Å². The molecule has 4 nitrogen and oxygen atoms in total. The van der Waals surface area contributed by atoms with E-state index in [1.54, 1.807) is 0 Å². The highest BCUT2D eigenvalue weighted by Crippen LogP contribution is 2.25. The quantitative estimate of drug-likeness (QED) is 0.865. The van der Waals surface area contributed by atoms with Gasteiger partial charge in [0.15, 0.2) is 6.29 Å². The summed E-state index contributed by atoms with van der Waals surface area (Å²) in [5, 5.41) is 3.41. The van der Waals surface area contributed by atoms with Crippen LogP contribution in [0.1, 0.15) is 35.2 Å². The second-order valence-electron chi connectivity index (χ2n) is 4.22. The second-order valence-corrected chi connectivity index (χ2v) is 5.14. The Morgan fingerprint density at radius 1 is 1.53 bits per heavy atom. The van der Waals surface area contributed by atoms with Gasteiger partial charge >= 0.3 is 0 Å². The standard InChI is InChI=1S/C12H12BrN3O/c13-8-3-4-11-10(7-17)15-12(16(11)6-8)9-2-1-5-14-9/h3-4,6-7,9,14H,1-2,5H2. The zero-order valence-electron chi connectivity index (χ0n) is 9.19. The Kier molecular flexibility index (Phi) is 2.72. The van der Waals surface area contributed by atoms with Crippen LogP contribution in [0.15, 0.2) is 22.8 Å². The van der Waals surface area contributed by atoms with Crippen LogP contribution in [0.4, 0.5) is 0 Å². The smallest absolute Gasteiger partial charge is 0.170 e. The molecule has 1 aliphatic heterocycles. The Morgan fingerprint density at radius 2 is 2.41 bits per heavy atom. The van der Waals surface area contributed by atoms with Gasteiger partial charge in [-0.15, -0.1) is 0 Å². The lowest BCUT2D eigenvalue weighted by atomic mass is 10.2. The first-order chi connectivity index (χ1) is 8.29. The fourth-order valence-corrected chi connectivity index (χ4v) is 2.68. The van der Waals surface area contributed by atoms with E-state index in [0.29, 0.717) is 5.69 Å². The third-order valence-electron chi connectivity index (χ3n) is 3.14. The fourth-order valence-electron chi connectivity index (χ4n) is 2.35. The van der Waals surface area contributed by atoms with Crippen molar-refractivity contribution in [2.45, 2.75) is 18.9 Å². The van der Waals surface area contributed by atoms with Crippen LogP contribution >= 0.6 is 15.9 Å². The summed E-state index contributed by atoms with van der Waals surface area (Å²) < 4.78 is 2.98. The molecule has 0 spiro atoms. The molecule has 1 saturated heterocycles. The third-order valence-corrected chi connectivity index (χ3v) is 3.61. The summed E-state index contributed by atoms with van der Waals surface area (Å²) in [6.07, 6.45) is 5.01. The molecule has 0 aromatic carbocycles. The molecule has 3 rings (SSSR count). The summed E-state index contributed by atoms with van der Waals surface area (Å²) >= 11 is 3.45. The van der Waals surface area contributed by atoms with Crippen molar-refractivity contribution in [3.05, 3.63) is 34.3 Å². The molecule has 1 unspecified atom stereocenters. The first kappa shape index (κ1) is 10.9. The SMILES string of the molecule is O=Cc1nc(C2CCCN2)n2cc(Br)ccc12. The van der Waals surface area contributed by atoms with Gasteiger partial charge in [-0.3, -0.25) is 4.79 Å². The molecule has 0 amide bonds. The number of pyridine rings is 1. The Labute approximate surface area is 107 Å². The summed E-state index contributed by atoms with van der Waals surface area (Å²) in [5.74, 6) is 0.931. The normalized spacial score (nSPS) is 19.9. The maximum Gasteiger partial charge on any atom is 0.170 e. The molecule has 1 atom stereocenters. The highest BCUT2D eigenvalue weighted by atomic mass is 79.9. The van der Waals surface area contributed by atoms with Crippen LogP contribution < -0.4 is 5.32 Å². The molecule has 0 radical (unpaired) electrons. The van der Waals surface area contributed by atoms with Crippen molar-refractivity contribution in [1.82, 2.24) is 14.7 Å². The molecule has 1 aliphatic rings. The summed E-state index contributed by atoms with van der Waals surface area (Å²) in [4.78, 5) is 15.5. The molecule has 2 aromatic rings. The zero-order valence-corrected chi connectivity index (χ0v) is 10.8. The molecule has 17 heavy (non-hydrogen) atoms. The maximum atomic E-state index is 11.0. The highest BCUT2D eigenvalue weighted by molar-refractivity contribution is 9.10. The Hall–Kier alpha value is -1.20. The maximum absolute atomic E-state index is 11.0. The average Bonchev–Trinajstić information content (AvgIpc) is 2.94. The van der Waals surface area contributed by atoms with Crippen molar-refractivity contribution in [2.24, 2.45) is 0 Å². The van der Waals surface area contributed by atoms with Gasteiger partial charge in [-0.05, 0) is 47.4 Å². The van der Waals surface area contributed by atoms with Crippen molar-refractivity contribution >= 4 is 27.7 Å². The number of imidazole rings is 1. The largest absolute Gasteiger partial charge is 0.307 e. The number of carbonyl (C=O) groups is 1. The summed E-state index contributed by atoms with van der Waals surface area (Å²) in [6, 6.07) is 4.10. The number of carbonyl (C=O) groups excluding carboxylic acids is 1. The predicted molar refractivity (Wildman–Crippen MR) is 68.3 cm³/mol. The van der Waals surface area contributed by atoms with E-state index in [2.05, 4.69) is 26.2 Å². The van der Waals surface area contributed by atoms with Crippen LogP contribution in [-0.2, 0) is 0 Å². The highest BCUT2D eigenvalue weighted by Gasteiger charge is 2.22. The Bertz CT molecular complexity index is 572. The summed E-state index contributed by atoms with van der Waals surface area (Å²) in [5.41, 5.74) is 1.38. The number of aldehydes is 1. The minimum atomic E-state index is 0.255. The van der Waals surface area contributed by atoms with Crippen molar-refractivity contribution in [1.29, 1.82) is 0 Å². The van der Waals surface area contributed by atoms with Crippen LogP contribution in [0, 0.1) is 0 Å². The van der Waals surface area contributed by atoms with Gasteiger partial charge in [-0.25, -0.2) is 4.98 Å². The Morgan fingerprint density at radius 3 is 3.12 bits per heavy atom. The molecule has 0 aliphatic carbocycles. The zero-order chi connectivity index (χ0) is 11.8. The van der Waals surface area contributed by atoms with Gasteiger partial charge < -0.3 is 9.72 Å². The molecule has 1 N–H and O–H groups in total. The van der Waals surface area contributed by atoms with Gasteiger partial charge in [0.05, 0.1) is 11.6 Å². The van der Waals surface area contributed by atoms with Gasteiger partial charge in [0.1, 0.15) is 11.5 Å². The number of hydrogen-bond acceptors (Lipinski definition) is 3. The van der Waals surface area contributed by atoms with Gasteiger partial charge in [0.2, 0.25) is 0 Å². The lowest BCUT2D eigenvalue weighted by molar-refractivity contribution is 0.112. The topological polar surface area (TPSA) is 46.4 Å². The molecule has 2 aromatic heterocycles. The van der Waals surface area contributed by atoms with Crippen molar-refractivity contribution < 1.29 is 4.79 Å². The van der Waals surface area contributed by atoms with Gasteiger partial charge in [0.25, 0.3) is 0 Å². The van der Waals surface area contributed by atoms with Crippen LogP contribution in [0.25, 0.3) is 5.52 Å². The van der Waals surface area contributed by atoms with E-state index >= 15 is 0 Å². The van der Waals surface area contributed by atoms with Crippen molar-refractivity contribution in [2.75, 3.05) is 6.54 Å². The van der Waals surface area contributed by atoms with E-state index in [-0.39, 0.29) is 6.04 Å². The van der Waals surface area contributed by atoms with Crippen LogP contribution in [0.2, 0.25) is 0 Å². The van der Waals surface area contributed by atoms with E-state index in [1.807, 2.05) is 22.7 Å². The molecule has 88 valence electrons. The number of halogens is 1. The van der Waals surface area contributed by atoms with Crippen LogP contribution in [-0.4, -0.2) is 22.2 Å². The lowest BCUT2D eigenvalue weighted by Gasteiger charge is -2.08. The van der Waals surface area contributed by atoms with Crippen LogP contribution in [0.3, 0.4) is 0 Å².